The fraction of sp³-hybridized carbons (Fsp3) is 1.00. The van der Waals surface area contributed by atoms with Gasteiger partial charge < -0.3 is 10.0 Å². The summed E-state index contributed by atoms with van der Waals surface area (Å²) in [6.07, 6.45) is 8.53. The van der Waals surface area contributed by atoms with Gasteiger partial charge in [0.25, 0.3) is 0 Å². The van der Waals surface area contributed by atoms with Crippen molar-refractivity contribution in [2.75, 3.05) is 40.3 Å². The summed E-state index contributed by atoms with van der Waals surface area (Å²) >= 11 is 0. The van der Waals surface area contributed by atoms with Crippen LogP contribution in [0.1, 0.15) is 45.4 Å². The summed E-state index contributed by atoms with van der Waals surface area (Å²) in [5.41, 5.74) is 0.0422. The number of nitrogens with zero attached hydrogens (tertiary/aromatic N) is 2. The standard InChI is InChI=1S/C15H30N2O/c1-14(18,10-16(2)3)11-17-12-15(13-17)8-6-4-5-7-9-15/h18H,4-13H2,1-3H3. The third kappa shape index (κ3) is 3.69. The first-order valence-electron chi connectivity index (χ1n) is 7.50. The van der Waals surface area contributed by atoms with E-state index in [2.05, 4.69) is 9.80 Å². The Hall–Kier alpha value is -0.120. The molecule has 2 rings (SSSR count). The first-order valence-corrected chi connectivity index (χ1v) is 7.50. The van der Waals surface area contributed by atoms with E-state index >= 15 is 0 Å². The van der Waals surface area contributed by atoms with Gasteiger partial charge in [-0.3, -0.25) is 4.90 Å². The normalized spacial score (nSPS) is 27.8. The van der Waals surface area contributed by atoms with Crippen LogP contribution in [-0.4, -0.2) is 60.8 Å². The molecule has 1 aliphatic carbocycles. The summed E-state index contributed by atoms with van der Waals surface area (Å²) < 4.78 is 0. The van der Waals surface area contributed by atoms with E-state index in [9.17, 15) is 5.11 Å². The summed E-state index contributed by atoms with van der Waals surface area (Å²) in [6, 6.07) is 0. The molecule has 3 nitrogen and oxygen atoms in total. The molecule has 1 spiro atoms. The number of hydrogen-bond donors (Lipinski definition) is 1. The zero-order valence-electron chi connectivity index (χ0n) is 12.4. The summed E-state index contributed by atoms with van der Waals surface area (Å²) in [6.45, 7) is 5.97. The molecule has 2 fully saturated rings. The molecule has 1 atom stereocenters. The van der Waals surface area contributed by atoms with E-state index < -0.39 is 5.60 Å². The van der Waals surface area contributed by atoms with Crippen molar-refractivity contribution in [3.63, 3.8) is 0 Å². The van der Waals surface area contributed by atoms with Gasteiger partial charge in [0, 0.05) is 26.2 Å². The molecular weight excluding hydrogens is 224 g/mol. The van der Waals surface area contributed by atoms with Crippen molar-refractivity contribution in [1.29, 1.82) is 0 Å². The molecule has 0 amide bonds. The Morgan fingerprint density at radius 2 is 1.67 bits per heavy atom. The average molecular weight is 254 g/mol. The minimum atomic E-state index is -0.574. The summed E-state index contributed by atoms with van der Waals surface area (Å²) in [5.74, 6) is 0. The van der Waals surface area contributed by atoms with E-state index in [0.717, 1.165) is 13.1 Å². The molecule has 0 radical (unpaired) electrons. The predicted molar refractivity (Wildman–Crippen MR) is 75.8 cm³/mol. The van der Waals surface area contributed by atoms with Crippen molar-refractivity contribution in [3.8, 4) is 0 Å². The van der Waals surface area contributed by atoms with Crippen LogP contribution in [0.2, 0.25) is 0 Å². The van der Waals surface area contributed by atoms with Crippen molar-refractivity contribution in [2.24, 2.45) is 5.41 Å². The molecule has 3 heteroatoms. The molecule has 1 unspecified atom stereocenters. The molecule has 0 aromatic carbocycles. The molecule has 18 heavy (non-hydrogen) atoms. The lowest BCUT2D eigenvalue weighted by atomic mass is 9.73. The van der Waals surface area contributed by atoms with Crippen LogP contribution in [-0.2, 0) is 0 Å². The van der Waals surface area contributed by atoms with Crippen LogP contribution in [0.25, 0.3) is 0 Å². The van der Waals surface area contributed by atoms with Gasteiger partial charge in [-0.15, -0.1) is 0 Å². The smallest absolute Gasteiger partial charge is 0.0871 e. The molecule has 1 N–H and O–H groups in total. The maximum Gasteiger partial charge on any atom is 0.0871 e. The minimum Gasteiger partial charge on any atom is -0.388 e. The maximum atomic E-state index is 10.4. The van der Waals surface area contributed by atoms with Gasteiger partial charge in [0.15, 0.2) is 0 Å². The Labute approximate surface area is 112 Å². The van der Waals surface area contributed by atoms with E-state index in [1.807, 2.05) is 21.0 Å². The van der Waals surface area contributed by atoms with Crippen LogP contribution in [0.5, 0.6) is 0 Å². The first kappa shape index (κ1) is 14.3. The molecule has 1 heterocycles. The Kier molecular flexibility index (Phi) is 4.35. The number of hydrogen-bond acceptors (Lipinski definition) is 3. The monoisotopic (exact) mass is 254 g/mol. The molecule has 0 aromatic rings. The zero-order chi connectivity index (χ0) is 13.2. The van der Waals surface area contributed by atoms with Crippen LogP contribution in [0.3, 0.4) is 0 Å². The van der Waals surface area contributed by atoms with Gasteiger partial charge in [-0.25, -0.2) is 0 Å². The van der Waals surface area contributed by atoms with Crippen molar-refractivity contribution < 1.29 is 5.11 Å². The van der Waals surface area contributed by atoms with Crippen LogP contribution in [0, 0.1) is 5.41 Å². The lowest BCUT2D eigenvalue weighted by Gasteiger charge is -2.52. The number of likely N-dealkylation sites (tertiary alicyclic amines) is 1. The fourth-order valence-corrected chi connectivity index (χ4v) is 4.02. The summed E-state index contributed by atoms with van der Waals surface area (Å²) in [5, 5.41) is 10.4. The molecule has 1 aliphatic heterocycles. The fourth-order valence-electron chi connectivity index (χ4n) is 4.02. The van der Waals surface area contributed by atoms with Crippen LogP contribution in [0.15, 0.2) is 0 Å². The SMILES string of the molecule is CN(C)CC(C)(O)CN1CC2(CCCCCC2)C1. The summed E-state index contributed by atoms with van der Waals surface area (Å²) in [7, 11) is 4.05. The largest absolute Gasteiger partial charge is 0.388 e. The van der Waals surface area contributed by atoms with Gasteiger partial charge in [-0.2, -0.15) is 0 Å². The van der Waals surface area contributed by atoms with Gasteiger partial charge in [0.1, 0.15) is 0 Å². The van der Waals surface area contributed by atoms with Crippen molar-refractivity contribution in [3.05, 3.63) is 0 Å². The zero-order valence-corrected chi connectivity index (χ0v) is 12.4. The number of rotatable bonds is 4. The van der Waals surface area contributed by atoms with Gasteiger partial charge in [0.2, 0.25) is 0 Å². The molecule has 2 aliphatic rings. The average Bonchev–Trinajstić information content (AvgIpc) is 2.39. The second-order valence-corrected chi connectivity index (χ2v) is 7.29. The highest BCUT2D eigenvalue weighted by atomic mass is 16.3. The van der Waals surface area contributed by atoms with Gasteiger partial charge in [0.05, 0.1) is 5.60 Å². The van der Waals surface area contributed by atoms with E-state index in [4.69, 9.17) is 0 Å². The van der Waals surface area contributed by atoms with Gasteiger partial charge in [-0.1, -0.05) is 25.7 Å². The van der Waals surface area contributed by atoms with Crippen LogP contribution < -0.4 is 0 Å². The molecule has 0 bridgehead atoms. The second-order valence-electron chi connectivity index (χ2n) is 7.29. The molecule has 1 saturated carbocycles. The molecule has 0 aromatic heterocycles. The van der Waals surface area contributed by atoms with Crippen molar-refractivity contribution >= 4 is 0 Å². The topological polar surface area (TPSA) is 26.7 Å². The number of likely N-dealkylation sites (N-methyl/N-ethyl adjacent to an activating group) is 1. The second kappa shape index (κ2) is 5.48. The van der Waals surface area contributed by atoms with Gasteiger partial charge >= 0.3 is 0 Å². The van der Waals surface area contributed by atoms with E-state index in [1.165, 1.54) is 51.6 Å². The number of aliphatic hydroxyl groups is 1. The van der Waals surface area contributed by atoms with E-state index in [-0.39, 0.29) is 0 Å². The highest BCUT2D eigenvalue weighted by Gasteiger charge is 2.44. The maximum absolute atomic E-state index is 10.4. The van der Waals surface area contributed by atoms with Crippen molar-refractivity contribution in [2.45, 2.75) is 51.0 Å². The highest BCUT2D eigenvalue weighted by Crippen LogP contribution is 2.43. The highest BCUT2D eigenvalue weighted by molar-refractivity contribution is 4.98. The lowest BCUT2D eigenvalue weighted by Crippen LogP contribution is -2.60. The number of β-amino-alcohol motifs (C(OH)–C–C–N with tert-alkyl or cyclic N) is 1. The van der Waals surface area contributed by atoms with Crippen molar-refractivity contribution in [1.82, 2.24) is 9.80 Å². The first-order chi connectivity index (χ1) is 8.41. The lowest BCUT2D eigenvalue weighted by molar-refractivity contribution is -0.0734. The molecule has 1 saturated heterocycles. The molecule has 106 valence electrons. The Morgan fingerprint density at radius 1 is 1.11 bits per heavy atom. The molecular formula is C15H30N2O. The Bertz CT molecular complexity index is 260. The Morgan fingerprint density at radius 3 is 2.17 bits per heavy atom. The van der Waals surface area contributed by atoms with E-state index in [1.54, 1.807) is 0 Å². The van der Waals surface area contributed by atoms with Crippen LogP contribution >= 0.6 is 0 Å². The minimum absolute atomic E-state index is 0.574. The Balaban J connectivity index is 1.78. The summed E-state index contributed by atoms with van der Waals surface area (Å²) in [4.78, 5) is 4.52. The van der Waals surface area contributed by atoms with E-state index in [0.29, 0.717) is 5.41 Å². The third-order valence-electron chi connectivity index (χ3n) is 4.50. The predicted octanol–water partition coefficient (Wildman–Crippen LogP) is 1.96. The van der Waals surface area contributed by atoms with Crippen LogP contribution in [0.4, 0.5) is 0 Å². The van der Waals surface area contributed by atoms with Gasteiger partial charge in [-0.05, 0) is 39.3 Å². The third-order valence-corrected chi connectivity index (χ3v) is 4.50. The quantitative estimate of drug-likeness (QED) is 0.831.